The number of hydrogen-bond acceptors (Lipinski definition) is 3. The van der Waals surface area contributed by atoms with Gasteiger partial charge in [-0.2, -0.15) is 0 Å². The van der Waals surface area contributed by atoms with E-state index in [2.05, 4.69) is 23.7 Å². The topological polar surface area (TPSA) is 18.5 Å². The minimum atomic E-state index is -0.699. The van der Waals surface area contributed by atoms with E-state index in [1.165, 1.54) is 0 Å². The highest BCUT2D eigenvalue weighted by molar-refractivity contribution is 7.17. The van der Waals surface area contributed by atoms with E-state index in [-0.39, 0.29) is 21.5 Å². The van der Waals surface area contributed by atoms with E-state index in [9.17, 15) is 0 Å². The number of ether oxygens (including phenoxy) is 2. The van der Waals surface area contributed by atoms with Gasteiger partial charge >= 0.3 is 0 Å². The molecule has 4 aromatic carbocycles. The molecule has 0 atom stereocenters. The molecule has 0 aliphatic rings. The fourth-order valence-electron chi connectivity index (χ4n) is 5.66. The molecule has 2 nitrogen and oxygen atoms in total. The van der Waals surface area contributed by atoms with E-state index in [1.54, 1.807) is 49.8 Å². The lowest BCUT2D eigenvalue weighted by Gasteiger charge is -2.24. The molecule has 5 aromatic rings. The van der Waals surface area contributed by atoms with Gasteiger partial charge in [-0.15, -0.1) is 11.3 Å². The average Bonchev–Trinajstić information content (AvgIpc) is 3.48. The molecular formula is C36H34F2O2S. The van der Waals surface area contributed by atoms with Gasteiger partial charge in [0.1, 0.15) is 22.8 Å². The van der Waals surface area contributed by atoms with Crippen LogP contribution in [0.4, 0.5) is 8.78 Å². The van der Waals surface area contributed by atoms with Crippen LogP contribution in [0, 0.1) is 35.3 Å². The summed E-state index contributed by atoms with van der Waals surface area (Å²) >= 11 is 1.60. The smallest absolute Gasteiger partial charge is 0.140 e. The Morgan fingerprint density at radius 1 is 0.683 bits per heavy atom. The summed E-state index contributed by atoms with van der Waals surface area (Å²) < 4.78 is 46.0. The number of thiophene rings is 1. The summed E-state index contributed by atoms with van der Waals surface area (Å²) in [6, 6.07) is 12.8. The van der Waals surface area contributed by atoms with E-state index in [4.69, 9.17) is 9.47 Å². The van der Waals surface area contributed by atoms with Crippen molar-refractivity contribution in [2.24, 2.45) is 0 Å². The van der Waals surface area contributed by atoms with Crippen LogP contribution >= 0.6 is 11.3 Å². The Balaban J connectivity index is 2.07. The molecule has 0 spiro atoms. The van der Waals surface area contributed by atoms with E-state index in [1.807, 2.05) is 51.3 Å². The molecule has 0 bridgehead atoms. The fourth-order valence-corrected chi connectivity index (χ4v) is 6.47. The molecule has 41 heavy (non-hydrogen) atoms. The normalized spacial score (nSPS) is 12.1. The fraction of sp³-hybridized carbons (Fsp3) is 0.333. The number of rotatable bonds is 6. The van der Waals surface area contributed by atoms with Gasteiger partial charge in [0.05, 0.1) is 0 Å². The lowest BCUT2D eigenvalue weighted by Crippen LogP contribution is -2.27. The third kappa shape index (κ3) is 4.77. The molecule has 1 aromatic heterocycles. The molecule has 0 saturated heterocycles. The first-order valence-electron chi connectivity index (χ1n) is 14.1. The summed E-state index contributed by atoms with van der Waals surface area (Å²) in [4.78, 5) is 0. The van der Waals surface area contributed by atoms with Crippen LogP contribution < -0.4 is 0 Å². The molecule has 0 unspecified atom stereocenters. The van der Waals surface area contributed by atoms with Crippen molar-refractivity contribution >= 4 is 53.7 Å². The van der Waals surface area contributed by atoms with Gasteiger partial charge in [-0.3, -0.25) is 0 Å². The second kappa shape index (κ2) is 11.4. The largest absolute Gasteiger partial charge is 0.366 e. The van der Waals surface area contributed by atoms with Crippen molar-refractivity contribution in [1.82, 2.24) is 0 Å². The van der Waals surface area contributed by atoms with E-state index >= 15 is 8.78 Å². The Morgan fingerprint density at radius 2 is 1.15 bits per heavy atom. The minimum absolute atomic E-state index is 0.147. The van der Waals surface area contributed by atoms with Crippen LogP contribution in [0.25, 0.3) is 42.4 Å². The molecule has 5 heteroatoms. The van der Waals surface area contributed by atoms with Gasteiger partial charge in [0.2, 0.25) is 0 Å². The third-order valence-corrected chi connectivity index (χ3v) is 9.50. The second-order valence-electron chi connectivity index (χ2n) is 10.3. The van der Waals surface area contributed by atoms with Crippen molar-refractivity contribution in [2.75, 3.05) is 14.2 Å². The highest BCUT2D eigenvalue weighted by atomic mass is 32.1. The van der Waals surface area contributed by atoms with E-state index in [0.29, 0.717) is 36.8 Å². The van der Waals surface area contributed by atoms with Gasteiger partial charge in [-0.1, -0.05) is 75.6 Å². The minimum Gasteiger partial charge on any atom is -0.366 e. The highest BCUT2D eigenvalue weighted by Gasteiger charge is 2.26. The van der Waals surface area contributed by atoms with Crippen molar-refractivity contribution in [2.45, 2.75) is 64.6 Å². The van der Waals surface area contributed by atoms with Crippen LogP contribution in [-0.2, 0) is 9.47 Å². The summed E-state index contributed by atoms with van der Waals surface area (Å²) in [5, 5.41) is 5.24. The van der Waals surface area contributed by atoms with Gasteiger partial charge in [-0.25, -0.2) is 8.78 Å². The van der Waals surface area contributed by atoms with Gasteiger partial charge in [0.15, 0.2) is 0 Å². The summed E-state index contributed by atoms with van der Waals surface area (Å²) in [6.07, 6.45) is 2.64. The number of hydrogen-bond donors (Lipinski definition) is 0. The first-order valence-corrected chi connectivity index (χ1v) is 15.0. The van der Waals surface area contributed by atoms with Crippen LogP contribution in [0.3, 0.4) is 0 Å². The first-order chi connectivity index (χ1) is 19.8. The molecule has 0 aliphatic carbocycles. The van der Waals surface area contributed by atoms with Gasteiger partial charge in [0.25, 0.3) is 0 Å². The Bertz CT molecular complexity index is 1750. The maximum Gasteiger partial charge on any atom is 0.140 e. The highest BCUT2D eigenvalue weighted by Crippen LogP contribution is 2.41. The summed E-state index contributed by atoms with van der Waals surface area (Å²) in [6.45, 7) is 8.07. The standard InChI is InChI=1S/C36H34F2O2S/c1-7-35(8-2,39-5)18-15-24-28-21-23-17-20-41-30(23)22-29(28)25(16-19-36(9-3,10-4)40-6)32-31(24)33(37)26-13-11-12-14-27(26)34(32)38/h11-14,17,20-22H,7-10H2,1-6H3. The zero-order valence-corrected chi connectivity index (χ0v) is 25.2. The summed E-state index contributed by atoms with van der Waals surface area (Å²) in [7, 11) is 3.28. The molecule has 0 saturated carbocycles. The van der Waals surface area contributed by atoms with Crippen molar-refractivity contribution < 1.29 is 18.3 Å². The maximum atomic E-state index is 16.7. The number of halogens is 2. The first kappa shape index (κ1) is 29.0. The Kier molecular flexibility index (Phi) is 8.09. The quantitative estimate of drug-likeness (QED) is 0.150. The number of benzene rings is 4. The number of methoxy groups -OCH3 is 2. The van der Waals surface area contributed by atoms with Crippen molar-refractivity contribution in [3.05, 3.63) is 70.6 Å². The van der Waals surface area contributed by atoms with Crippen LogP contribution in [0.1, 0.15) is 64.5 Å². The lowest BCUT2D eigenvalue weighted by atomic mass is 9.87. The predicted molar refractivity (Wildman–Crippen MR) is 169 cm³/mol. The van der Waals surface area contributed by atoms with Gasteiger partial charge in [-0.05, 0) is 54.6 Å². The molecule has 0 aliphatic heterocycles. The predicted octanol–water partition coefficient (Wildman–Crippen LogP) is 9.75. The molecule has 210 valence electrons. The molecule has 0 radical (unpaired) electrons. The number of fused-ring (bicyclic) bond motifs is 4. The Labute approximate surface area is 244 Å². The average molecular weight is 569 g/mol. The van der Waals surface area contributed by atoms with Crippen molar-refractivity contribution in [3.8, 4) is 23.7 Å². The SMILES string of the molecule is CCC(C#Cc1c2cc3ccsc3cc2c(C#CC(CC)(CC)OC)c2c(F)c3ccccc3c(F)c12)(CC)OC. The summed E-state index contributed by atoms with van der Waals surface area (Å²) in [5.74, 6) is 12.2. The van der Waals surface area contributed by atoms with Crippen LogP contribution in [0.15, 0.2) is 47.8 Å². The molecule has 1 heterocycles. The van der Waals surface area contributed by atoms with Crippen LogP contribution in [-0.4, -0.2) is 25.4 Å². The lowest BCUT2D eigenvalue weighted by molar-refractivity contribution is 0.0344. The molecule has 0 N–H and O–H groups in total. The van der Waals surface area contributed by atoms with E-state index < -0.39 is 22.8 Å². The van der Waals surface area contributed by atoms with Gasteiger partial charge < -0.3 is 9.47 Å². The monoisotopic (exact) mass is 568 g/mol. The van der Waals surface area contributed by atoms with E-state index in [0.717, 1.165) is 20.9 Å². The zero-order chi connectivity index (χ0) is 29.4. The van der Waals surface area contributed by atoms with Crippen LogP contribution in [0.2, 0.25) is 0 Å². The molecule has 5 rings (SSSR count). The zero-order valence-electron chi connectivity index (χ0n) is 24.4. The second-order valence-corrected chi connectivity index (χ2v) is 11.3. The Morgan fingerprint density at radius 3 is 1.59 bits per heavy atom. The van der Waals surface area contributed by atoms with Crippen LogP contribution in [0.5, 0.6) is 0 Å². The molecule has 0 amide bonds. The van der Waals surface area contributed by atoms with Crippen molar-refractivity contribution in [1.29, 1.82) is 0 Å². The maximum absolute atomic E-state index is 16.7. The molecule has 0 fully saturated rings. The van der Waals surface area contributed by atoms with Crippen molar-refractivity contribution in [3.63, 3.8) is 0 Å². The molecular weight excluding hydrogens is 534 g/mol. The third-order valence-electron chi connectivity index (χ3n) is 8.62. The summed E-state index contributed by atoms with van der Waals surface area (Å²) in [5.41, 5.74) is -0.500. The van der Waals surface area contributed by atoms with Gasteiger partial charge in [0, 0.05) is 62.4 Å². The Hall–Kier alpha value is -3.48.